The van der Waals surface area contributed by atoms with Crippen molar-refractivity contribution in [1.82, 2.24) is 0 Å². The van der Waals surface area contributed by atoms with Gasteiger partial charge in [-0.1, -0.05) is 26.7 Å². The fraction of sp³-hybridized carbons (Fsp3) is 0.765. The fourth-order valence-electron chi connectivity index (χ4n) is 3.09. The maximum Gasteiger partial charge on any atom is 0.283 e. The minimum Gasteiger partial charge on any atom is -0.439 e. The van der Waals surface area contributed by atoms with Gasteiger partial charge in [0.2, 0.25) is 0 Å². The van der Waals surface area contributed by atoms with Crippen LogP contribution in [-0.4, -0.2) is 30.4 Å². The Labute approximate surface area is 136 Å². The van der Waals surface area contributed by atoms with Crippen molar-refractivity contribution in [2.75, 3.05) is 0 Å². The summed E-state index contributed by atoms with van der Waals surface area (Å²) in [6.45, 7) is 6.18. The Balaban J connectivity index is 1.68. The van der Waals surface area contributed by atoms with Crippen molar-refractivity contribution in [3.8, 4) is 0 Å². The number of hydrogen-bond donors (Lipinski definition) is 0. The van der Waals surface area contributed by atoms with E-state index in [1.54, 1.807) is 6.07 Å². The minimum atomic E-state index is -0.645. The second kappa shape index (κ2) is 6.89. The van der Waals surface area contributed by atoms with Crippen LogP contribution in [0.3, 0.4) is 0 Å². The Hall–Kier alpha value is -0.950. The summed E-state index contributed by atoms with van der Waals surface area (Å²) < 4.78 is 42.0. The zero-order valence-electron chi connectivity index (χ0n) is 13.9. The Morgan fingerprint density at radius 3 is 2.78 bits per heavy atom. The Morgan fingerprint density at radius 2 is 2.13 bits per heavy atom. The molecule has 0 saturated carbocycles. The first kappa shape index (κ1) is 16.9. The molecule has 5 nitrogen and oxygen atoms in total. The molecule has 0 bridgehead atoms. The molecule has 0 radical (unpaired) electrons. The number of rotatable bonds is 7. The Morgan fingerprint density at radius 1 is 1.30 bits per heavy atom. The second-order valence-electron chi connectivity index (χ2n) is 6.37. The molecule has 0 amide bonds. The van der Waals surface area contributed by atoms with Crippen molar-refractivity contribution in [2.45, 2.75) is 83.5 Å². The molecule has 6 heteroatoms. The van der Waals surface area contributed by atoms with Crippen LogP contribution in [0.1, 0.15) is 52.0 Å². The number of hydrogen-bond acceptors (Lipinski definition) is 5. The van der Waals surface area contributed by atoms with Gasteiger partial charge in [0, 0.05) is 0 Å². The highest BCUT2D eigenvalue weighted by atomic mass is 19.1. The fourth-order valence-corrected chi connectivity index (χ4v) is 3.09. The molecule has 23 heavy (non-hydrogen) atoms. The highest BCUT2D eigenvalue weighted by Gasteiger charge is 2.55. The van der Waals surface area contributed by atoms with E-state index in [0.717, 1.165) is 25.7 Å². The van der Waals surface area contributed by atoms with Gasteiger partial charge < -0.3 is 23.4 Å². The van der Waals surface area contributed by atoms with E-state index < -0.39 is 18.1 Å². The van der Waals surface area contributed by atoms with Crippen molar-refractivity contribution >= 4 is 0 Å². The van der Waals surface area contributed by atoms with Crippen LogP contribution >= 0.6 is 0 Å². The third-order valence-corrected chi connectivity index (χ3v) is 4.63. The Bertz CT molecular complexity index is 519. The molecule has 0 aromatic carbocycles. The van der Waals surface area contributed by atoms with Gasteiger partial charge in [0.15, 0.2) is 12.1 Å². The molecular weight excluding hydrogens is 303 g/mol. The average molecular weight is 328 g/mol. The lowest BCUT2D eigenvalue weighted by Gasteiger charge is -2.27. The summed E-state index contributed by atoms with van der Waals surface area (Å²) in [5.74, 6) is -0.645. The van der Waals surface area contributed by atoms with Gasteiger partial charge in [-0.2, -0.15) is 4.39 Å². The zero-order chi connectivity index (χ0) is 16.4. The lowest BCUT2D eigenvalue weighted by atomic mass is 10.0. The Kier molecular flexibility index (Phi) is 5.06. The molecule has 2 aliphatic rings. The van der Waals surface area contributed by atoms with Gasteiger partial charge in [-0.25, -0.2) is 0 Å². The molecule has 1 aromatic rings. The van der Waals surface area contributed by atoms with Crippen LogP contribution in [0, 0.1) is 6.01 Å². The summed E-state index contributed by atoms with van der Waals surface area (Å²) in [5, 5.41) is 0. The van der Waals surface area contributed by atoms with E-state index in [1.165, 1.54) is 6.26 Å². The normalized spacial score (nSPS) is 36.5. The SMILES string of the molecule is CCCC[C@H]1O[C@@H]2OC(C)(CC)O[C@@H]2[C@H]1OCc1ccoc1F. The molecule has 0 aliphatic carbocycles. The van der Waals surface area contributed by atoms with Crippen molar-refractivity contribution in [3.63, 3.8) is 0 Å². The van der Waals surface area contributed by atoms with Crippen molar-refractivity contribution in [1.29, 1.82) is 0 Å². The first-order valence-corrected chi connectivity index (χ1v) is 8.41. The van der Waals surface area contributed by atoms with Crippen molar-refractivity contribution in [3.05, 3.63) is 23.9 Å². The van der Waals surface area contributed by atoms with E-state index in [1.807, 2.05) is 13.8 Å². The largest absolute Gasteiger partial charge is 0.439 e. The number of unbranched alkanes of at least 4 members (excludes halogenated alkanes) is 1. The molecule has 1 unspecified atom stereocenters. The number of fused-ring (bicyclic) bond motifs is 1. The molecule has 3 heterocycles. The molecule has 130 valence electrons. The van der Waals surface area contributed by atoms with Crippen LogP contribution in [0.15, 0.2) is 16.7 Å². The van der Waals surface area contributed by atoms with Crippen LogP contribution < -0.4 is 0 Å². The summed E-state index contributed by atoms with van der Waals surface area (Å²) >= 11 is 0. The first-order valence-electron chi connectivity index (χ1n) is 8.41. The van der Waals surface area contributed by atoms with E-state index >= 15 is 0 Å². The van der Waals surface area contributed by atoms with Crippen molar-refractivity contribution in [2.24, 2.45) is 0 Å². The third-order valence-electron chi connectivity index (χ3n) is 4.63. The average Bonchev–Trinajstić information content (AvgIpc) is 3.17. The van der Waals surface area contributed by atoms with E-state index in [4.69, 9.17) is 18.9 Å². The number of furan rings is 1. The predicted molar refractivity (Wildman–Crippen MR) is 80.1 cm³/mol. The molecule has 1 aromatic heterocycles. The van der Waals surface area contributed by atoms with Crippen LogP contribution in [0.5, 0.6) is 0 Å². The van der Waals surface area contributed by atoms with Crippen LogP contribution in [0.4, 0.5) is 4.39 Å². The summed E-state index contributed by atoms with van der Waals surface area (Å²) in [4.78, 5) is 0. The number of halogens is 1. The lowest BCUT2D eigenvalue weighted by Crippen LogP contribution is -2.37. The maximum atomic E-state index is 13.4. The van der Waals surface area contributed by atoms with E-state index in [9.17, 15) is 4.39 Å². The summed E-state index contributed by atoms with van der Waals surface area (Å²) in [7, 11) is 0. The van der Waals surface area contributed by atoms with Crippen molar-refractivity contribution < 1.29 is 27.8 Å². The van der Waals surface area contributed by atoms with E-state index in [0.29, 0.717) is 5.56 Å². The zero-order valence-corrected chi connectivity index (χ0v) is 13.9. The molecule has 0 spiro atoms. The van der Waals surface area contributed by atoms with Crippen LogP contribution in [-0.2, 0) is 25.6 Å². The second-order valence-corrected chi connectivity index (χ2v) is 6.37. The molecule has 2 aliphatic heterocycles. The van der Waals surface area contributed by atoms with Crippen LogP contribution in [0.2, 0.25) is 0 Å². The van der Waals surface area contributed by atoms with Gasteiger partial charge in [-0.05, 0) is 25.8 Å². The van der Waals surface area contributed by atoms with Gasteiger partial charge in [0.1, 0.15) is 12.2 Å². The quantitative estimate of drug-likeness (QED) is 0.763. The smallest absolute Gasteiger partial charge is 0.283 e. The highest BCUT2D eigenvalue weighted by molar-refractivity contribution is 5.06. The molecule has 2 fully saturated rings. The monoisotopic (exact) mass is 328 g/mol. The maximum absolute atomic E-state index is 13.4. The van der Waals surface area contributed by atoms with E-state index in [2.05, 4.69) is 11.3 Å². The number of ether oxygens (including phenoxy) is 4. The van der Waals surface area contributed by atoms with Gasteiger partial charge in [0.25, 0.3) is 6.01 Å². The van der Waals surface area contributed by atoms with Gasteiger partial charge in [0.05, 0.1) is 24.5 Å². The molecular formula is C17H25FO5. The van der Waals surface area contributed by atoms with Gasteiger partial charge in [-0.3, -0.25) is 0 Å². The predicted octanol–water partition coefficient (Wildman–Crippen LogP) is 3.76. The standard InChI is InChI=1S/C17H25FO5/c1-4-6-7-12-13(20-10-11-8-9-19-15(11)18)14-16(21-12)23-17(3,5-2)22-14/h8-9,12-14,16H,4-7,10H2,1-3H3/t12-,13+,14-,16-,17?/m1/s1. The minimum absolute atomic E-state index is 0.0960. The van der Waals surface area contributed by atoms with E-state index in [-0.39, 0.29) is 24.9 Å². The topological polar surface area (TPSA) is 50.1 Å². The molecule has 3 rings (SSSR count). The first-order chi connectivity index (χ1) is 11.1. The summed E-state index contributed by atoms with van der Waals surface area (Å²) in [5.41, 5.74) is 0.403. The molecule has 5 atom stereocenters. The van der Waals surface area contributed by atoms with Gasteiger partial charge in [-0.15, -0.1) is 0 Å². The molecule has 0 N–H and O–H groups in total. The summed E-state index contributed by atoms with van der Waals surface area (Å²) in [6, 6.07) is 0.971. The highest BCUT2D eigenvalue weighted by Crippen LogP contribution is 2.41. The van der Waals surface area contributed by atoms with Crippen LogP contribution in [0.25, 0.3) is 0 Å². The third kappa shape index (κ3) is 3.45. The lowest BCUT2D eigenvalue weighted by molar-refractivity contribution is -0.229. The molecule has 2 saturated heterocycles. The van der Waals surface area contributed by atoms with Gasteiger partial charge >= 0.3 is 0 Å². The summed E-state index contributed by atoms with van der Waals surface area (Å²) in [6.07, 6.45) is 3.97.